The van der Waals surface area contributed by atoms with E-state index in [1.807, 2.05) is 28.4 Å². The SMILES string of the molecule is Cc1c(C(=O)Nc2nnc(-c3ccsc3)s2)cnn1C1CCOCC1. The molecular formula is C16H17N5O2S2. The maximum atomic E-state index is 12.6. The molecule has 3 aromatic heterocycles. The van der Waals surface area contributed by atoms with Crippen LogP contribution >= 0.6 is 22.7 Å². The molecule has 130 valence electrons. The minimum atomic E-state index is -0.205. The molecular weight excluding hydrogens is 358 g/mol. The molecule has 25 heavy (non-hydrogen) atoms. The van der Waals surface area contributed by atoms with Crippen LogP contribution in [0.4, 0.5) is 5.13 Å². The minimum absolute atomic E-state index is 0.205. The average Bonchev–Trinajstić information content (AvgIpc) is 3.35. The summed E-state index contributed by atoms with van der Waals surface area (Å²) < 4.78 is 7.33. The Bertz CT molecular complexity index is 865. The van der Waals surface area contributed by atoms with Gasteiger partial charge in [0.25, 0.3) is 5.91 Å². The molecule has 1 fully saturated rings. The molecule has 1 saturated heterocycles. The predicted molar refractivity (Wildman–Crippen MR) is 97.2 cm³/mol. The highest BCUT2D eigenvalue weighted by Crippen LogP contribution is 2.28. The fourth-order valence-corrected chi connectivity index (χ4v) is 4.34. The summed E-state index contributed by atoms with van der Waals surface area (Å²) in [5.74, 6) is -0.205. The van der Waals surface area contributed by atoms with E-state index in [2.05, 4.69) is 20.6 Å². The van der Waals surface area contributed by atoms with Crippen LogP contribution in [0.1, 0.15) is 34.9 Å². The van der Waals surface area contributed by atoms with Crippen LogP contribution in [0.15, 0.2) is 23.0 Å². The zero-order valence-electron chi connectivity index (χ0n) is 13.6. The number of rotatable bonds is 4. The van der Waals surface area contributed by atoms with Crippen LogP contribution in [0, 0.1) is 6.92 Å². The Balaban J connectivity index is 1.49. The highest BCUT2D eigenvalue weighted by Gasteiger charge is 2.22. The molecule has 0 saturated carbocycles. The molecule has 9 heteroatoms. The van der Waals surface area contributed by atoms with E-state index in [-0.39, 0.29) is 5.91 Å². The molecule has 0 unspecified atom stereocenters. The third-order valence-electron chi connectivity index (χ3n) is 4.24. The summed E-state index contributed by atoms with van der Waals surface area (Å²) in [6.07, 6.45) is 3.47. The average molecular weight is 375 g/mol. The zero-order valence-corrected chi connectivity index (χ0v) is 15.3. The maximum absolute atomic E-state index is 12.6. The summed E-state index contributed by atoms with van der Waals surface area (Å²) in [5, 5.41) is 20.7. The van der Waals surface area contributed by atoms with E-state index in [0.29, 0.717) is 16.7 Å². The normalized spacial score (nSPS) is 15.4. The Labute approximate surface area is 152 Å². The Morgan fingerprint density at radius 2 is 2.20 bits per heavy atom. The Morgan fingerprint density at radius 3 is 2.96 bits per heavy atom. The third-order valence-corrected chi connectivity index (χ3v) is 5.81. The molecule has 4 heterocycles. The van der Waals surface area contributed by atoms with E-state index in [1.165, 1.54) is 11.3 Å². The first kappa shape index (κ1) is 16.4. The third kappa shape index (κ3) is 3.35. The first-order valence-corrected chi connectivity index (χ1v) is 9.77. The van der Waals surface area contributed by atoms with Gasteiger partial charge in [0.05, 0.1) is 17.8 Å². The summed E-state index contributed by atoms with van der Waals surface area (Å²) >= 11 is 2.97. The van der Waals surface area contributed by atoms with Gasteiger partial charge >= 0.3 is 0 Å². The van der Waals surface area contributed by atoms with E-state index in [1.54, 1.807) is 17.5 Å². The topological polar surface area (TPSA) is 81.9 Å². The maximum Gasteiger partial charge on any atom is 0.260 e. The van der Waals surface area contributed by atoms with Crippen molar-refractivity contribution in [3.05, 3.63) is 34.3 Å². The second-order valence-corrected chi connectivity index (χ2v) is 7.57. The Kier molecular flexibility index (Phi) is 4.60. The molecule has 0 radical (unpaired) electrons. The smallest absolute Gasteiger partial charge is 0.260 e. The van der Waals surface area contributed by atoms with E-state index in [9.17, 15) is 4.79 Å². The first-order valence-electron chi connectivity index (χ1n) is 8.01. The predicted octanol–water partition coefficient (Wildman–Crippen LogP) is 3.38. The molecule has 0 atom stereocenters. The number of aromatic nitrogens is 4. The number of thiophene rings is 1. The van der Waals surface area contributed by atoms with Crippen LogP contribution in [-0.2, 0) is 4.74 Å². The molecule has 1 aliphatic rings. The summed E-state index contributed by atoms with van der Waals surface area (Å²) in [7, 11) is 0. The number of carbonyl (C=O) groups is 1. The van der Waals surface area contributed by atoms with Gasteiger partial charge in [0, 0.05) is 29.9 Å². The van der Waals surface area contributed by atoms with Crippen LogP contribution in [-0.4, -0.2) is 39.1 Å². The van der Waals surface area contributed by atoms with E-state index >= 15 is 0 Å². The molecule has 0 aromatic carbocycles. The Hall–Kier alpha value is -2.10. The molecule has 1 aliphatic heterocycles. The minimum Gasteiger partial charge on any atom is -0.381 e. The molecule has 0 bridgehead atoms. The number of nitrogens with zero attached hydrogens (tertiary/aromatic N) is 4. The second-order valence-electron chi connectivity index (χ2n) is 5.81. The van der Waals surface area contributed by atoms with Crippen LogP contribution in [0.2, 0.25) is 0 Å². The van der Waals surface area contributed by atoms with Crippen molar-refractivity contribution in [1.29, 1.82) is 0 Å². The highest BCUT2D eigenvalue weighted by atomic mass is 32.1. The second kappa shape index (κ2) is 7.03. The van der Waals surface area contributed by atoms with Gasteiger partial charge in [-0.25, -0.2) is 0 Å². The highest BCUT2D eigenvalue weighted by molar-refractivity contribution is 7.19. The van der Waals surface area contributed by atoms with Crippen molar-refractivity contribution in [3.8, 4) is 10.6 Å². The number of ether oxygens (including phenoxy) is 1. The van der Waals surface area contributed by atoms with Gasteiger partial charge in [-0.2, -0.15) is 16.4 Å². The van der Waals surface area contributed by atoms with Crippen molar-refractivity contribution in [3.63, 3.8) is 0 Å². The van der Waals surface area contributed by atoms with Crippen molar-refractivity contribution in [2.24, 2.45) is 0 Å². The Morgan fingerprint density at radius 1 is 1.36 bits per heavy atom. The van der Waals surface area contributed by atoms with E-state index in [0.717, 1.165) is 42.3 Å². The number of anilines is 1. The number of amides is 1. The first-order chi connectivity index (χ1) is 12.2. The van der Waals surface area contributed by atoms with Crippen LogP contribution in [0.3, 0.4) is 0 Å². The summed E-state index contributed by atoms with van der Waals surface area (Å²) in [6.45, 7) is 3.40. The van der Waals surface area contributed by atoms with Gasteiger partial charge in [0.2, 0.25) is 5.13 Å². The zero-order chi connectivity index (χ0) is 17.2. The number of carbonyl (C=O) groups excluding carboxylic acids is 1. The van der Waals surface area contributed by atoms with Gasteiger partial charge in [0.15, 0.2) is 0 Å². The van der Waals surface area contributed by atoms with Gasteiger partial charge in [-0.15, -0.1) is 10.2 Å². The molecule has 0 aliphatic carbocycles. The molecule has 4 rings (SSSR count). The molecule has 7 nitrogen and oxygen atoms in total. The van der Waals surface area contributed by atoms with Crippen molar-refractivity contribution in [1.82, 2.24) is 20.0 Å². The van der Waals surface area contributed by atoms with Crippen molar-refractivity contribution >= 4 is 33.7 Å². The van der Waals surface area contributed by atoms with Crippen LogP contribution < -0.4 is 5.32 Å². The largest absolute Gasteiger partial charge is 0.381 e. The van der Waals surface area contributed by atoms with Crippen LogP contribution in [0.5, 0.6) is 0 Å². The summed E-state index contributed by atoms with van der Waals surface area (Å²) in [4.78, 5) is 12.6. The summed E-state index contributed by atoms with van der Waals surface area (Å²) in [6, 6.07) is 2.28. The molecule has 3 aromatic rings. The van der Waals surface area contributed by atoms with Crippen molar-refractivity contribution in [2.75, 3.05) is 18.5 Å². The number of hydrogen-bond donors (Lipinski definition) is 1. The molecule has 1 amide bonds. The lowest BCUT2D eigenvalue weighted by molar-refractivity contribution is 0.0656. The van der Waals surface area contributed by atoms with Crippen molar-refractivity contribution < 1.29 is 9.53 Å². The molecule has 0 spiro atoms. The lowest BCUT2D eigenvalue weighted by Crippen LogP contribution is -2.22. The van der Waals surface area contributed by atoms with Gasteiger partial charge in [-0.05, 0) is 31.2 Å². The summed E-state index contributed by atoms with van der Waals surface area (Å²) in [5.41, 5.74) is 2.46. The fraction of sp³-hybridized carbons (Fsp3) is 0.375. The van der Waals surface area contributed by atoms with Gasteiger partial charge < -0.3 is 4.74 Å². The van der Waals surface area contributed by atoms with Gasteiger partial charge in [0.1, 0.15) is 5.01 Å². The van der Waals surface area contributed by atoms with Crippen LogP contribution in [0.25, 0.3) is 10.6 Å². The van der Waals surface area contributed by atoms with Gasteiger partial charge in [-0.3, -0.25) is 14.8 Å². The van der Waals surface area contributed by atoms with Crippen molar-refractivity contribution in [2.45, 2.75) is 25.8 Å². The lowest BCUT2D eigenvalue weighted by Gasteiger charge is -2.23. The number of hydrogen-bond acceptors (Lipinski definition) is 7. The number of nitrogens with one attached hydrogen (secondary N) is 1. The lowest BCUT2D eigenvalue weighted by atomic mass is 10.1. The van der Waals surface area contributed by atoms with E-state index in [4.69, 9.17) is 4.74 Å². The quantitative estimate of drug-likeness (QED) is 0.756. The standard InChI is InChI=1S/C16H17N5O2S2/c1-10-13(8-17-21(10)12-2-5-23-6-3-12)14(22)18-16-20-19-15(25-16)11-4-7-24-9-11/h4,7-9,12H,2-3,5-6H2,1H3,(H,18,20,22). The fourth-order valence-electron chi connectivity index (χ4n) is 2.89. The monoisotopic (exact) mass is 375 g/mol. The molecule has 1 N–H and O–H groups in total. The van der Waals surface area contributed by atoms with Gasteiger partial charge in [-0.1, -0.05) is 11.3 Å². The van der Waals surface area contributed by atoms with E-state index < -0.39 is 0 Å².